The molecule has 0 amide bonds. The van der Waals surface area contributed by atoms with Crippen LogP contribution in [0.4, 0.5) is 0 Å². The van der Waals surface area contributed by atoms with E-state index in [1.807, 2.05) is 0 Å². The van der Waals surface area contributed by atoms with E-state index in [-0.39, 0.29) is 29.6 Å². The van der Waals surface area contributed by atoms with E-state index in [1.165, 1.54) is 6.08 Å². The van der Waals surface area contributed by atoms with Gasteiger partial charge in [0, 0.05) is 0 Å². The van der Waals surface area contributed by atoms with Crippen molar-refractivity contribution >= 4 is 40.0 Å². The van der Waals surface area contributed by atoms with Crippen LogP contribution in [0.25, 0.3) is 0 Å². The zero-order valence-electron chi connectivity index (χ0n) is 7.31. The van der Waals surface area contributed by atoms with E-state index in [2.05, 4.69) is 6.58 Å². The summed E-state index contributed by atoms with van der Waals surface area (Å²) < 4.78 is 31.6. The Morgan fingerprint density at radius 3 is 1.73 bits per heavy atom. The second kappa shape index (κ2) is 11.0. The molecular weight excluding hydrogens is 239 g/mol. The minimum absolute atomic E-state index is 0. The van der Waals surface area contributed by atoms with Gasteiger partial charge < -0.3 is 15.3 Å². The molecule has 15 heavy (non-hydrogen) atoms. The average Bonchev–Trinajstić information content (AvgIpc) is 2.00. The monoisotopic (exact) mass is 254 g/mol. The third kappa shape index (κ3) is 25.1. The van der Waals surface area contributed by atoms with Gasteiger partial charge in [0.05, 0.1) is 12.7 Å². The first kappa shape index (κ1) is 20.8. The van der Waals surface area contributed by atoms with Crippen molar-refractivity contribution in [3.8, 4) is 0 Å². The molecule has 7 nitrogen and oxygen atoms in total. The summed E-state index contributed by atoms with van der Waals surface area (Å²) in [6, 6.07) is 0. The summed E-state index contributed by atoms with van der Waals surface area (Å²) in [6.07, 6.45) is -0.124. The van der Waals surface area contributed by atoms with Crippen LogP contribution in [0.2, 0.25) is 0 Å². The molecule has 5 N–H and O–H groups in total. The van der Waals surface area contributed by atoms with Gasteiger partial charge in [-0.3, -0.25) is 9.11 Å². The molecule has 0 radical (unpaired) electrons. The van der Waals surface area contributed by atoms with E-state index in [1.54, 1.807) is 0 Å². The van der Waals surface area contributed by atoms with Gasteiger partial charge >= 0.3 is 40.0 Å². The molecule has 2 unspecified atom stereocenters. The van der Waals surface area contributed by atoms with Gasteiger partial charge in [-0.05, 0) is 6.42 Å². The molecule has 0 aromatic heterocycles. The van der Waals surface area contributed by atoms with Crippen LogP contribution in [0, 0.1) is 0 Å². The van der Waals surface area contributed by atoms with E-state index in [0.717, 1.165) is 0 Å². The first-order chi connectivity index (χ1) is 6.22. The standard InChI is InChI=1S/C6H12O3.Na.H2O4S.H/c1-2-3-5(8)6(9)4-7;;1-5(2,3)4;/h2,5-9H,1,3-4H2;;(H2,1,2,3,4);. The molecule has 88 valence electrons. The topological polar surface area (TPSA) is 135 Å². The maximum absolute atomic E-state index is 8.84. The normalized spacial score (nSPS) is 13.9. The summed E-state index contributed by atoms with van der Waals surface area (Å²) in [5.41, 5.74) is 0. The fourth-order valence-electron chi connectivity index (χ4n) is 0.450. The summed E-state index contributed by atoms with van der Waals surface area (Å²) in [7, 11) is -4.67. The van der Waals surface area contributed by atoms with E-state index >= 15 is 0 Å². The van der Waals surface area contributed by atoms with Crippen LogP contribution in [0.15, 0.2) is 12.7 Å². The molecular formula is C6H15NaO7S. The van der Waals surface area contributed by atoms with Crippen molar-refractivity contribution in [3.63, 3.8) is 0 Å². The predicted molar refractivity (Wildman–Crippen MR) is 55.2 cm³/mol. The number of rotatable bonds is 4. The second-order valence-electron chi connectivity index (χ2n) is 2.29. The molecule has 0 aromatic carbocycles. The molecule has 0 rings (SSSR count). The second-order valence-corrected chi connectivity index (χ2v) is 3.19. The van der Waals surface area contributed by atoms with Crippen LogP contribution in [0.3, 0.4) is 0 Å². The number of aliphatic hydroxyl groups excluding tert-OH is 3. The molecule has 0 aliphatic carbocycles. The summed E-state index contributed by atoms with van der Waals surface area (Å²) in [5, 5.41) is 25.8. The van der Waals surface area contributed by atoms with Crippen molar-refractivity contribution in [1.82, 2.24) is 0 Å². The van der Waals surface area contributed by atoms with Crippen molar-refractivity contribution < 1.29 is 32.8 Å². The zero-order chi connectivity index (χ0) is 11.8. The van der Waals surface area contributed by atoms with Crippen molar-refractivity contribution in [2.75, 3.05) is 6.61 Å². The van der Waals surface area contributed by atoms with Crippen LogP contribution in [-0.4, -0.2) is 81.2 Å². The Bertz CT molecular complexity index is 232. The number of hydrogen-bond donors (Lipinski definition) is 5. The quantitative estimate of drug-likeness (QED) is 0.222. The van der Waals surface area contributed by atoms with Crippen molar-refractivity contribution in [3.05, 3.63) is 12.7 Å². The molecule has 0 aromatic rings. The summed E-state index contributed by atoms with van der Waals surface area (Å²) in [4.78, 5) is 0. The van der Waals surface area contributed by atoms with Crippen molar-refractivity contribution in [1.29, 1.82) is 0 Å². The Labute approximate surface area is 110 Å². The van der Waals surface area contributed by atoms with Crippen LogP contribution < -0.4 is 0 Å². The van der Waals surface area contributed by atoms with Crippen LogP contribution in [0.5, 0.6) is 0 Å². The Morgan fingerprint density at radius 2 is 1.53 bits per heavy atom. The third-order valence-electron chi connectivity index (χ3n) is 1.04. The zero-order valence-corrected chi connectivity index (χ0v) is 8.13. The Balaban J connectivity index is -0.000000208. The first-order valence-corrected chi connectivity index (χ1v) is 4.89. The van der Waals surface area contributed by atoms with Gasteiger partial charge in [0.1, 0.15) is 6.10 Å². The molecule has 2 atom stereocenters. The van der Waals surface area contributed by atoms with Gasteiger partial charge in [-0.1, -0.05) is 6.08 Å². The van der Waals surface area contributed by atoms with Gasteiger partial charge in [0.2, 0.25) is 0 Å². The van der Waals surface area contributed by atoms with E-state index in [0.29, 0.717) is 6.42 Å². The summed E-state index contributed by atoms with van der Waals surface area (Å²) in [5.74, 6) is 0. The third-order valence-corrected chi connectivity index (χ3v) is 1.04. The van der Waals surface area contributed by atoms with E-state index < -0.39 is 29.2 Å². The molecule has 0 heterocycles. The molecule has 0 bridgehead atoms. The molecule has 0 saturated heterocycles. The SMILES string of the molecule is C=CCC(O)C(O)CO.O=S(=O)(O)O.[NaH]. The Hall–Kier alpha value is 0.490. The average molecular weight is 254 g/mol. The summed E-state index contributed by atoms with van der Waals surface area (Å²) >= 11 is 0. The van der Waals surface area contributed by atoms with E-state index in [4.69, 9.17) is 32.8 Å². The fraction of sp³-hybridized carbons (Fsp3) is 0.667. The summed E-state index contributed by atoms with van der Waals surface area (Å²) in [6.45, 7) is 2.96. The molecule has 9 heteroatoms. The minimum atomic E-state index is -4.67. The Kier molecular flexibility index (Phi) is 15.3. The first-order valence-electron chi connectivity index (χ1n) is 3.50. The molecule has 0 aliphatic rings. The van der Waals surface area contributed by atoms with Gasteiger partial charge in [-0.15, -0.1) is 6.58 Å². The van der Waals surface area contributed by atoms with Gasteiger partial charge in [0.15, 0.2) is 0 Å². The molecule has 0 saturated carbocycles. The predicted octanol–water partition coefficient (Wildman–Crippen LogP) is -2.02. The maximum atomic E-state index is 8.84. The van der Waals surface area contributed by atoms with Gasteiger partial charge in [0.25, 0.3) is 0 Å². The van der Waals surface area contributed by atoms with Crippen LogP contribution in [-0.2, 0) is 10.4 Å². The van der Waals surface area contributed by atoms with Crippen molar-refractivity contribution in [2.45, 2.75) is 18.6 Å². The van der Waals surface area contributed by atoms with Gasteiger partial charge in [-0.25, -0.2) is 0 Å². The number of hydrogen-bond acceptors (Lipinski definition) is 5. The van der Waals surface area contributed by atoms with Crippen LogP contribution in [0.1, 0.15) is 6.42 Å². The number of aliphatic hydroxyl groups is 3. The Morgan fingerprint density at radius 1 is 1.20 bits per heavy atom. The fourth-order valence-corrected chi connectivity index (χ4v) is 0.450. The molecule has 0 spiro atoms. The molecule has 0 fully saturated rings. The van der Waals surface area contributed by atoms with Crippen LogP contribution >= 0.6 is 0 Å². The molecule has 0 aliphatic heterocycles. The van der Waals surface area contributed by atoms with E-state index in [9.17, 15) is 0 Å². The van der Waals surface area contributed by atoms with Gasteiger partial charge in [-0.2, -0.15) is 8.42 Å². The van der Waals surface area contributed by atoms with Crippen molar-refractivity contribution in [2.24, 2.45) is 0 Å².